The van der Waals surface area contributed by atoms with Crippen molar-refractivity contribution in [2.24, 2.45) is 0 Å². The fourth-order valence-electron chi connectivity index (χ4n) is 5.87. The highest BCUT2D eigenvalue weighted by molar-refractivity contribution is 5.71. The summed E-state index contributed by atoms with van der Waals surface area (Å²) in [6.07, 6.45) is 7.72. The van der Waals surface area contributed by atoms with E-state index in [2.05, 4.69) is 6.92 Å². The Morgan fingerprint density at radius 2 is 1.02 bits per heavy atom. The number of rotatable bonds is 27. The summed E-state index contributed by atoms with van der Waals surface area (Å²) < 4.78 is 28.4. The third-order valence-corrected chi connectivity index (χ3v) is 8.59. The highest BCUT2D eigenvalue weighted by Gasteiger charge is 2.53. The molecule has 1 saturated heterocycles. The molecule has 280 valence electrons. The van der Waals surface area contributed by atoms with Crippen LogP contribution in [-0.2, 0) is 42.9 Å². The maximum Gasteiger partial charge on any atom is 0.306 e. The fourth-order valence-corrected chi connectivity index (χ4v) is 5.87. The molecular weight excluding hydrogens is 624 g/mol. The fraction of sp³-hybridized carbons (Fsp3) is 0.889. The zero-order chi connectivity index (χ0) is 35.7. The van der Waals surface area contributed by atoms with Gasteiger partial charge < -0.3 is 39.0 Å². The van der Waals surface area contributed by atoms with E-state index < -0.39 is 73.2 Å². The van der Waals surface area contributed by atoms with Crippen LogP contribution in [0.4, 0.5) is 0 Å². The van der Waals surface area contributed by atoms with Crippen molar-refractivity contribution in [1.82, 2.24) is 0 Å². The Labute approximate surface area is 287 Å². The molecule has 0 aliphatic carbocycles. The minimum Gasteiger partial charge on any atom is -0.463 e. The molecule has 0 aromatic heterocycles. The van der Waals surface area contributed by atoms with Crippen LogP contribution in [0.2, 0.25) is 0 Å². The summed E-state index contributed by atoms with van der Waals surface area (Å²) in [5.74, 6) is -2.55. The van der Waals surface area contributed by atoms with E-state index in [1.807, 2.05) is 6.92 Å². The molecule has 3 N–H and O–H groups in total. The molecule has 0 radical (unpaired) electrons. The largest absolute Gasteiger partial charge is 0.463 e. The van der Waals surface area contributed by atoms with Crippen LogP contribution in [0.25, 0.3) is 0 Å². The molecule has 0 amide bonds. The summed E-state index contributed by atoms with van der Waals surface area (Å²) in [6.45, 7) is 5.45. The van der Waals surface area contributed by atoms with Crippen molar-refractivity contribution in [3.8, 4) is 0 Å². The molecule has 12 heteroatoms. The first-order valence-corrected chi connectivity index (χ1v) is 18.4. The van der Waals surface area contributed by atoms with Gasteiger partial charge >= 0.3 is 23.9 Å². The van der Waals surface area contributed by atoms with E-state index in [1.165, 1.54) is 64.7 Å². The normalized spacial score (nSPS) is 22.0. The van der Waals surface area contributed by atoms with E-state index in [1.54, 1.807) is 0 Å². The Morgan fingerprint density at radius 1 is 0.583 bits per heavy atom. The minimum absolute atomic E-state index is 0.0770. The van der Waals surface area contributed by atoms with Gasteiger partial charge in [0.1, 0.15) is 24.9 Å². The Balaban J connectivity index is 2.97. The second kappa shape index (κ2) is 26.6. The number of aliphatic hydroxyl groups is 3. The molecule has 1 aliphatic heterocycles. The Bertz CT molecular complexity index is 896. The lowest BCUT2D eigenvalue weighted by atomic mass is 9.90. The average molecular weight is 689 g/mol. The quantitative estimate of drug-likeness (QED) is 0.0583. The molecule has 0 bridgehead atoms. The van der Waals surface area contributed by atoms with Crippen LogP contribution >= 0.6 is 0 Å². The minimum atomic E-state index is -1.52. The third kappa shape index (κ3) is 19.0. The Morgan fingerprint density at radius 3 is 1.50 bits per heavy atom. The predicted octanol–water partition coefficient (Wildman–Crippen LogP) is 5.24. The van der Waals surface area contributed by atoms with Crippen molar-refractivity contribution in [1.29, 1.82) is 0 Å². The maximum atomic E-state index is 13.2. The van der Waals surface area contributed by atoms with Gasteiger partial charge in [-0.3, -0.25) is 19.2 Å². The molecule has 0 spiro atoms. The zero-order valence-electron chi connectivity index (χ0n) is 29.9. The van der Waals surface area contributed by atoms with Gasteiger partial charge in [0.25, 0.3) is 0 Å². The zero-order valence-corrected chi connectivity index (χ0v) is 29.9. The lowest BCUT2D eigenvalue weighted by Crippen LogP contribution is -2.63. The molecular formula is C36H64O12. The monoisotopic (exact) mass is 688 g/mol. The summed E-state index contributed by atoms with van der Waals surface area (Å²) >= 11 is 0. The van der Waals surface area contributed by atoms with Gasteiger partial charge in [0.15, 0.2) is 18.3 Å². The second-order valence-corrected chi connectivity index (χ2v) is 13.0. The molecule has 12 nitrogen and oxygen atoms in total. The van der Waals surface area contributed by atoms with Crippen LogP contribution < -0.4 is 0 Å². The SMILES string of the molecule is CCCCCCCCCCCCCCCC(=O)O[C@@H]1[C@@H](OC(C)=O)[C@H](COC(C)=O)O[C@H](C[C@@H](O)[C@@H](O)CO)[C@@H]1OC(=O)CCCCC. The maximum absolute atomic E-state index is 13.2. The lowest BCUT2D eigenvalue weighted by molar-refractivity contribution is -0.258. The Hall–Kier alpha value is -2.28. The standard InChI is InChI=1S/C36H64O12/c1-5-7-9-10-11-12-13-14-15-16-17-18-20-22-33(43)48-36-34(47-32(42)21-19-8-6-2)30(23-28(40)29(41)24-37)46-31(25-44-26(3)38)35(36)45-27(4)39/h28-31,34-37,40-41H,5-25H2,1-4H3/t28-,29+,30-,31+,34+,35+,36+/m1/s1. The van der Waals surface area contributed by atoms with Crippen LogP contribution in [0.1, 0.15) is 150 Å². The van der Waals surface area contributed by atoms with Crippen molar-refractivity contribution in [2.75, 3.05) is 13.2 Å². The van der Waals surface area contributed by atoms with Crippen molar-refractivity contribution in [3.05, 3.63) is 0 Å². The predicted molar refractivity (Wildman–Crippen MR) is 179 cm³/mol. The first kappa shape index (κ1) is 43.7. The number of hydrogen-bond acceptors (Lipinski definition) is 12. The van der Waals surface area contributed by atoms with E-state index >= 15 is 0 Å². The molecule has 1 rings (SSSR count). The number of carbonyl (C=O) groups is 4. The topological polar surface area (TPSA) is 175 Å². The number of aliphatic hydroxyl groups excluding tert-OH is 3. The molecule has 0 saturated carbocycles. The summed E-state index contributed by atoms with van der Waals surface area (Å²) in [5.41, 5.74) is 0. The number of esters is 4. The smallest absolute Gasteiger partial charge is 0.306 e. The summed E-state index contributed by atoms with van der Waals surface area (Å²) in [7, 11) is 0. The number of ether oxygens (including phenoxy) is 5. The van der Waals surface area contributed by atoms with Crippen LogP contribution in [0.15, 0.2) is 0 Å². The molecule has 0 aromatic rings. The van der Waals surface area contributed by atoms with Crippen LogP contribution in [-0.4, -0.2) is 95.1 Å². The van der Waals surface area contributed by atoms with Crippen molar-refractivity contribution < 1.29 is 58.2 Å². The van der Waals surface area contributed by atoms with Crippen molar-refractivity contribution in [3.63, 3.8) is 0 Å². The van der Waals surface area contributed by atoms with Gasteiger partial charge in [-0.2, -0.15) is 0 Å². The third-order valence-electron chi connectivity index (χ3n) is 8.59. The van der Waals surface area contributed by atoms with Crippen LogP contribution in [0, 0.1) is 0 Å². The number of carbonyl (C=O) groups excluding carboxylic acids is 4. The first-order chi connectivity index (χ1) is 23.0. The summed E-state index contributed by atoms with van der Waals surface area (Å²) in [5, 5.41) is 30.0. The molecule has 1 aliphatic rings. The lowest BCUT2D eigenvalue weighted by Gasteiger charge is -2.45. The number of unbranched alkanes of at least 4 members (excludes halogenated alkanes) is 14. The second-order valence-electron chi connectivity index (χ2n) is 13.0. The molecule has 0 aromatic carbocycles. The van der Waals surface area contributed by atoms with Gasteiger partial charge in [-0.05, 0) is 12.8 Å². The van der Waals surface area contributed by atoms with E-state index in [-0.39, 0.29) is 25.9 Å². The van der Waals surface area contributed by atoms with Crippen molar-refractivity contribution in [2.45, 2.75) is 192 Å². The highest BCUT2D eigenvalue weighted by atomic mass is 16.7. The summed E-state index contributed by atoms with van der Waals surface area (Å²) in [6, 6.07) is 0. The van der Waals surface area contributed by atoms with Crippen molar-refractivity contribution >= 4 is 23.9 Å². The molecule has 1 heterocycles. The number of hydrogen-bond donors (Lipinski definition) is 3. The van der Waals surface area contributed by atoms with E-state index in [9.17, 15) is 34.5 Å². The molecule has 48 heavy (non-hydrogen) atoms. The van der Waals surface area contributed by atoms with E-state index in [0.717, 1.165) is 39.0 Å². The molecule has 1 fully saturated rings. The van der Waals surface area contributed by atoms with E-state index in [4.69, 9.17) is 23.7 Å². The van der Waals surface area contributed by atoms with Crippen LogP contribution in [0.5, 0.6) is 0 Å². The first-order valence-electron chi connectivity index (χ1n) is 18.4. The van der Waals surface area contributed by atoms with Gasteiger partial charge in [-0.1, -0.05) is 104 Å². The van der Waals surface area contributed by atoms with E-state index in [0.29, 0.717) is 12.8 Å². The molecule has 0 unspecified atom stereocenters. The van der Waals surface area contributed by atoms with Gasteiger partial charge in [-0.25, -0.2) is 0 Å². The summed E-state index contributed by atoms with van der Waals surface area (Å²) in [4.78, 5) is 50.0. The molecule has 7 atom stereocenters. The van der Waals surface area contributed by atoms with Gasteiger partial charge in [-0.15, -0.1) is 0 Å². The van der Waals surface area contributed by atoms with Gasteiger partial charge in [0, 0.05) is 33.1 Å². The highest BCUT2D eigenvalue weighted by Crippen LogP contribution is 2.32. The Kier molecular flexibility index (Phi) is 24.2. The van der Waals surface area contributed by atoms with Gasteiger partial charge in [0.05, 0.1) is 12.7 Å². The van der Waals surface area contributed by atoms with Crippen LogP contribution in [0.3, 0.4) is 0 Å². The average Bonchev–Trinajstić information content (AvgIpc) is 3.04. The van der Waals surface area contributed by atoms with Gasteiger partial charge in [0.2, 0.25) is 0 Å².